The number of aromatic amines is 1. The minimum atomic E-state index is -4.73. The van der Waals surface area contributed by atoms with E-state index >= 15 is 0 Å². The third-order valence-corrected chi connectivity index (χ3v) is 5.00. The zero-order valence-electron chi connectivity index (χ0n) is 16.0. The van der Waals surface area contributed by atoms with Crippen LogP contribution in [-0.4, -0.2) is 67.9 Å². The van der Waals surface area contributed by atoms with Gasteiger partial charge in [0.2, 0.25) is 12.2 Å². The Labute approximate surface area is 169 Å². The van der Waals surface area contributed by atoms with Gasteiger partial charge in [-0.25, -0.2) is 0 Å². The summed E-state index contributed by atoms with van der Waals surface area (Å²) in [7, 11) is 0. The van der Waals surface area contributed by atoms with Crippen molar-refractivity contribution in [2.24, 2.45) is 0 Å². The van der Waals surface area contributed by atoms with Crippen molar-refractivity contribution >= 4 is 0 Å². The van der Waals surface area contributed by atoms with Crippen molar-refractivity contribution in [2.45, 2.75) is 56.6 Å². The van der Waals surface area contributed by atoms with Crippen molar-refractivity contribution in [3.63, 3.8) is 0 Å². The molecule has 2 aromatic rings. The molecule has 0 aliphatic carbocycles. The first-order chi connectivity index (χ1) is 14.2. The van der Waals surface area contributed by atoms with Gasteiger partial charge in [0.15, 0.2) is 0 Å². The number of aliphatic hydroxyl groups excluding tert-OH is 4. The maximum atomic E-state index is 13.5. The van der Waals surface area contributed by atoms with Crippen molar-refractivity contribution in [2.75, 3.05) is 6.61 Å². The normalized spacial score (nSPS) is 27.3. The van der Waals surface area contributed by atoms with Crippen LogP contribution in [0.4, 0.5) is 13.2 Å². The van der Waals surface area contributed by atoms with Crippen LogP contribution in [0.3, 0.4) is 0 Å². The van der Waals surface area contributed by atoms with Crippen LogP contribution in [0.1, 0.15) is 29.3 Å². The Morgan fingerprint density at radius 3 is 2.27 bits per heavy atom. The van der Waals surface area contributed by atoms with E-state index in [2.05, 4.69) is 5.10 Å². The molecule has 3 rings (SSSR count). The highest BCUT2D eigenvalue weighted by atomic mass is 19.4. The molecule has 1 saturated heterocycles. The molecule has 0 radical (unpaired) electrons. The molecule has 0 saturated carbocycles. The zero-order chi connectivity index (χ0) is 22.1. The van der Waals surface area contributed by atoms with Gasteiger partial charge in [0.05, 0.1) is 12.2 Å². The monoisotopic (exact) mass is 432 g/mol. The lowest BCUT2D eigenvalue weighted by Gasteiger charge is -2.39. The van der Waals surface area contributed by atoms with Gasteiger partial charge in [-0.1, -0.05) is 31.2 Å². The van der Waals surface area contributed by atoms with Gasteiger partial charge in [0.1, 0.15) is 30.1 Å². The lowest BCUT2D eigenvalue weighted by atomic mass is 9.99. The minimum absolute atomic E-state index is 0.165. The number of H-pyrrole nitrogens is 1. The highest BCUT2D eigenvalue weighted by Gasteiger charge is 2.46. The number of ether oxygens (including phenoxy) is 2. The van der Waals surface area contributed by atoms with Gasteiger partial charge in [0.25, 0.3) is 0 Å². The Morgan fingerprint density at radius 1 is 1.07 bits per heavy atom. The number of nitrogens with one attached hydrogen (secondary N) is 1. The first kappa shape index (κ1) is 22.5. The quantitative estimate of drug-likeness (QED) is 0.456. The maximum Gasteiger partial charge on any atom is 0.433 e. The summed E-state index contributed by atoms with van der Waals surface area (Å²) in [6.45, 7) is 1.26. The van der Waals surface area contributed by atoms with Crippen molar-refractivity contribution in [1.82, 2.24) is 10.2 Å². The van der Waals surface area contributed by atoms with E-state index in [4.69, 9.17) is 9.47 Å². The van der Waals surface area contributed by atoms with Gasteiger partial charge >= 0.3 is 6.18 Å². The fourth-order valence-electron chi connectivity index (χ4n) is 3.22. The lowest BCUT2D eigenvalue weighted by Crippen LogP contribution is -2.60. The van der Waals surface area contributed by atoms with Crippen LogP contribution in [0.5, 0.6) is 5.88 Å². The van der Waals surface area contributed by atoms with Crippen LogP contribution in [0.15, 0.2) is 24.3 Å². The predicted octanol–water partition coefficient (Wildman–Crippen LogP) is 0.760. The molecule has 166 valence electrons. The van der Waals surface area contributed by atoms with Crippen molar-refractivity contribution in [3.8, 4) is 5.88 Å². The van der Waals surface area contributed by atoms with E-state index in [1.165, 1.54) is 0 Å². The second-order valence-corrected chi connectivity index (χ2v) is 7.04. The molecule has 1 aromatic heterocycles. The van der Waals surface area contributed by atoms with E-state index in [-0.39, 0.29) is 12.0 Å². The number of aliphatic hydroxyl groups is 4. The van der Waals surface area contributed by atoms with Gasteiger partial charge in [-0.3, -0.25) is 5.10 Å². The average molecular weight is 432 g/mol. The largest absolute Gasteiger partial charge is 0.443 e. The topological polar surface area (TPSA) is 128 Å². The standard InChI is InChI=1S/C19H23F3N2O6/c1-2-9-3-5-10(6-4-9)7-11-16(19(20,21)22)23-24-17(11)30-18-15(28)14(27)13(26)12(8-25)29-18/h3-6,12-15,18,25-28H,2,7-8H2,1H3,(H,23,24)/t12-,13-,14+,15-,18+/m1/s1. The molecule has 5 atom stereocenters. The second-order valence-electron chi connectivity index (χ2n) is 7.04. The van der Waals surface area contributed by atoms with E-state index in [1.807, 2.05) is 12.0 Å². The molecule has 5 N–H and O–H groups in total. The highest BCUT2D eigenvalue weighted by molar-refractivity contribution is 5.38. The SMILES string of the molecule is CCc1ccc(Cc2c(O[C@@H]3O[C@H](CO)[C@@H](O)[C@H](O)[C@H]3O)n[nH]c2C(F)(F)F)cc1. The maximum absolute atomic E-state index is 13.5. The number of halogens is 3. The molecule has 0 bridgehead atoms. The first-order valence-corrected chi connectivity index (χ1v) is 9.35. The molecule has 1 aliphatic heterocycles. The molecule has 11 heteroatoms. The number of rotatable bonds is 6. The molecule has 8 nitrogen and oxygen atoms in total. The fraction of sp³-hybridized carbons (Fsp3) is 0.526. The summed E-state index contributed by atoms with van der Waals surface area (Å²) in [5.74, 6) is -0.466. The van der Waals surface area contributed by atoms with E-state index < -0.39 is 55.1 Å². The van der Waals surface area contributed by atoms with Crippen molar-refractivity contribution in [1.29, 1.82) is 0 Å². The summed E-state index contributed by atoms with van der Waals surface area (Å²) in [6.07, 6.45) is -12.1. The number of nitrogens with zero attached hydrogens (tertiary/aromatic N) is 1. The molecule has 2 heterocycles. The summed E-state index contributed by atoms with van der Waals surface area (Å²) in [6, 6.07) is 7.01. The fourth-order valence-corrected chi connectivity index (χ4v) is 3.22. The number of aromatic nitrogens is 2. The Kier molecular flexibility index (Phi) is 6.68. The smallest absolute Gasteiger partial charge is 0.433 e. The van der Waals surface area contributed by atoms with E-state index in [0.29, 0.717) is 5.56 Å². The number of hydrogen-bond donors (Lipinski definition) is 5. The van der Waals surface area contributed by atoms with Gasteiger partial charge in [0, 0.05) is 6.42 Å². The summed E-state index contributed by atoms with van der Waals surface area (Å²) in [5.41, 5.74) is 0.197. The number of benzene rings is 1. The van der Waals surface area contributed by atoms with E-state index in [9.17, 15) is 33.6 Å². The molecule has 0 unspecified atom stereocenters. The molecule has 1 fully saturated rings. The van der Waals surface area contributed by atoms with E-state index in [0.717, 1.165) is 12.0 Å². The molecule has 1 aliphatic rings. The van der Waals surface area contributed by atoms with Crippen molar-refractivity contribution < 1.29 is 43.1 Å². The van der Waals surface area contributed by atoms with Gasteiger partial charge in [-0.2, -0.15) is 13.2 Å². The molecular weight excluding hydrogens is 409 g/mol. The number of aryl methyl sites for hydroxylation is 1. The third-order valence-electron chi connectivity index (χ3n) is 5.00. The van der Waals surface area contributed by atoms with Crippen LogP contribution < -0.4 is 4.74 Å². The average Bonchev–Trinajstić information content (AvgIpc) is 3.11. The Balaban J connectivity index is 1.89. The number of hydrogen-bond acceptors (Lipinski definition) is 7. The first-order valence-electron chi connectivity index (χ1n) is 9.35. The summed E-state index contributed by atoms with van der Waals surface area (Å²) in [4.78, 5) is 0. The third kappa shape index (κ3) is 4.60. The van der Waals surface area contributed by atoms with Crippen LogP contribution in [0.2, 0.25) is 0 Å². The molecule has 0 spiro atoms. The second kappa shape index (κ2) is 8.90. The van der Waals surface area contributed by atoms with Gasteiger partial charge in [-0.05, 0) is 17.5 Å². The molecule has 0 amide bonds. The van der Waals surface area contributed by atoms with Crippen LogP contribution in [0.25, 0.3) is 0 Å². The Bertz CT molecular complexity index is 840. The molecular formula is C19H23F3N2O6. The van der Waals surface area contributed by atoms with Crippen LogP contribution >= 0.6 is 0 Å². The van der Waals surface area contributed by atoms with Crippen LogP contribution in [0, 0.1) is 0 Å². The van der Waals surface area contributed by atoms with Gasteiger partial charge < -0.3 is 29.9 Å². The van der Waals surface area contributed by atoms with Crippen LogP contribution in [-0.2, 0) is 23.8 Å². The summed E-state index contributed by atoms with van der Waals surface area (Å²) in [5, 5.41) is 44.5. The van der Waals surface area contributed by atoms with E-state index in [1.54, 1.807) is 24.3 Å². The minimum Gasteiger partial charge on any atom is -0.443 e. The molecule has 1 aromatic carbocycles. The summed E-state index contributed by atoms with van der Waals surface area (Å²) >= 11 is 0. The summed E-state index contributed by atoms with van der Waals surface area (Å²) < 4.78 is 50.9. The van der Waals surface area contributed by atoms with Crippen molar-refractivity contribution in [3.05, 3.63) is 46.6 Å². The predicted molar refractivity (Wildman–Crippen MR) is 96.6 cm³/mol. The zero-order valence-corrected chi connectivity index (χ0v) is 16.0. The molecule has 30 heavy (non-hydrogen) atoms. The highest BCUT2D eigenvalue weighted by Crippen LogP contribution is 2.36. The van der Waals surface area contributed by atoms with Gasteiger partial charge in [-0.15, -0.1) is 5.10 Å². The lowest BCUT2D eigenvalue weighted by molar-refractivity contribution is -0.278. The Morgan fingerprint density at radius 2 is 1.70 bits per heavy atom. The number of alkyl halides is 3. The Hall–Kier alpha value is -2.18.